The lowest BCUT2D eigenvalue weighted by molar-refractivity contribution is -0.295. The zero-order valence-electron chi connectivity index (χ0n) is 8.48. The molecule has 1 saturated heterocycles. The van der Waals surface area contributed by atoms with Crippen LogP contribution in [0.2, 0.25) is 0 Å². The SMILES string of the molecule is C=CC(=O)C1(O)O[C@H](CO)[C@@H](O)[C@H](O)[C@H]1N. The first kappa shape index (κ1) is 13.2. The highest BCUT2D eigenvalue weighted by Gasteiger charge is 2.54. The van der Waals surface area contributed by atoms with Crippen molar-refractivity contribution in [3.05, 3.63) is 12.7 Å². The zero-order valence-corrected chi connectivity index (χ0v) is 8.48. The van der Waals surface area contributed by atoms with Gasteiger partial charge in [-0.2, -0.15) is 0 Å². The number of aliphatic hydroxyl groups is 4. The molecule has 0 bridgehead atoms. The molecule has 0 aliphatic carbocycles. The van der Waals surface area contributed by atoms with Gasteiger partial charge in [0.2, 0.25) is 11.6 Å². The molecular weight excluding hydrogens is 218 g/mol. The molecule has 7 heteroatoms. The van der Waals surface area contributed by atoms with Crippen LogP contribution in [0.5, 0.6) is 0 Å². The number of ketones is 1. The highest BCUT2D eigenvalue weighted by molar-refractivity contribution is 5.96. The lowest BCUT2D eigenvalue weighted by Crippen LogP contribution is -2.70. The van der Waals surface area contributed by atoms with Gasteiger partial charge in [-0.3, -0.25) is 4.79 Å². The molecule has 0 saturated carbocycles. The van der Waals surface area contributed by atoms with Crippen molar-refractivity contribution in [3.63, 3.8) is 0 Å². The summed E-state index contributed by atoms with van der Waals surface area (Å²) in [4.78, 5) is 11.4. The maximum Gasteiger partial charge on any atom is 0.249 e. The fourth-order valence-electron chi connectivity index (χ4n) is 1.56. The first-order chi connectivity index (χ1) is 7.38. The van der Waals surface area contributed by atoms with Crippen molar-refractivity contribution < 1.29 is 30.0 Å². The highest BCUT2D eigenvalue weighted by Crippen LogP contribution is 2.27. The lowest BCUT2D eigenvalue weighted by atomic mass is 9.88. The summed E-state index contributed by atoms with van der Waals surface area (Å²) >= 11 is 0. The maximum atomic E-state index is 11.4. The molecule has 0 aromatic rings. The standard InChI is InChI=1S/C9H15NO6/c1-2-5(12)9(15)8(10)7(14)6(13)4(3-11)16-9/h2,4,6-8,11,13-15H,1,3,10H2/t4-,6-,7+,8-,9?/m1/s1. The Morgan fingerprint density at radius 2 is 2.06 bits per heavy atom. The van der Waals surface area contributed by atoms with Crippen LogP contribution in [0.15, 0.2) is 12.7 Å². The summed E-state index contributed by atoms with van der Waals surface area (Å²) in [6.45, 7) is 2.49. The van der Waals surface area contributed by atoms with Crippen molar-refractivity contribution in [1.29, 1.82) is 0 Å². The molecule has 6 N–H and O–H groups in total. The normalized spacial score (nSPS) is 44.1. The predicted octanol–water partition coefficient (Wildman–Crippen LogP) is -3.13. The van der Waals surface area contributed by atoms with Crippen molar-refractivity contribution in [2.24, 2.45) is 5.73 Å². The average Bonchev–Trinajstić information content (AvgIpc) is 2.30. The molecule has 1 fully saturated rings. The smallest absolute Gasteiger partial charge is 0.249 e. The molecule has 1 heterocycles. The topological polar surface area (TPSA) is 133 Å². The van der Waals surface area contributed by atoms with Crippen LogP contribution in [-0.4, -0.2) is 63.0 Å². The van der Waals surface area contributed by atoms with Crippen LogP contribution in [-0.2, 0) is 9.53 Å². The van der Waals surface area contributed by atoms with Gasteiger partial charge in [-0.1, -0.05) is 6.58 Å². The Morgan fingerprint density at radius 1 is 1.50 bits per heavy atom. The van der Waals surface area contributed by atoms with E-state index >= 15 is 0 Å². The Balaban J connectivity index is 3.02. The van der Waals surface area contributed by atoms with Gasteiger partial charge in [0.1, 0.15) is 18.3 Å². The number of rotatable bonds is 3. The largest absolute Gasteiger partial charge is 0.394 e. The number of carbonyl (C=O) groups is 1. The van der Waals surface area contributed by atoms with Gasteiger partial charge in [0, 0.05) is 0 Å². The number of nitrogens with two attached hydrogens (primary N) is 1. The second-order valence-electron chi connectivity index (χ2n) is 3.61. The van der Waals surface area contributed by atoms with Crippen molar-refractivity contribution in [1.82, 2.24) is 0 Å². The summed E-state index contributed by atoms with van der Waals surface area (Å²) in [6.07, 6.45) is -3.56. The molecule has 92 valence electrons. The van der Waals surface area contributed by atoms with Crippen molar-refractivity contribution in [3.8, 4) is 0 Å². The Hall–Kier alpha value is -0.830. The zero-order chi connectivity index (χ0) is 12.5. The van der Waals surface area contributed by atoms with Crippen LogP contribution in [0.25, 0.3) is 0 Å². The summed E-state index contributed by atoms with van der Waals surface area (Å²) in [5.41, 5.74) is 5.41. The molecule has 1 aliphatic rings. The van der Waals surface area contributed by atoms with Gasteiger partial charge in [0.25, 0.3) is 0 Å². The Morgan fingerprint density at radius 3 is 2.50 bits per heavy atom. The van der Waals surface area contributed by atoms with Gasteiger partial charge >= 0.3 is 0 Å². The van der Waals surface area contributed by atoms with E-state index in [9.17, 15) is 20.1 Å². The highest BCUT2D eigenvalue weighted by atomic mass is 16.7. The Labute approximate surface area is 91.8 Å². The van der Waals surface area contributed by atoms with Crippen LogP contribution in [0, 0.1) is 0 Å². The minimum atomic E-state index is -2.48. The van der Waals surface area contributed by atoms with Crippen molar-refractivity contribution in [2.45, 2.75) is 30.1 Å². The minimum absolute atomic E-state index is 0.669. The lowest BCUT2D eigenvalue weighted by Gasteiger charge is -2.44. The third kappa shape index (κ3) is 1.88. The van der Waals surface area contributed by atoms with Crippen LogP contribution >= 0.6 is 0 Å². The number of carbonyl (C=O) groups excluding carboxylic acids is 1. The van der Waals surface area contributed by atoms with E-state index in [0.29, 0.717) is 0 Å². The number of ether oxygens (including phenoxy) is 1. The third-order valence-electron chi connectivity index (χ3n) is 2.60. The molecular formula is C9H15NO6. The van der Waals surface area contributed by atoms with E-state index in [1.807, 2.05) is 0 Å². The molecule has 1 unspecified atom stereocenters. The summed E-state index contributed by atoms with van der Waals surface area (Å²) in [6, 6.07) is -1.52. The molecule has 1 rings (SSSR count). The predicted molar refractivity (Wildman–Crippen MR) is 52.1 cm³/mol. The van der Waals surface area contributed by atoms with E-state index in [1.54, 1.807) is 0 Å². The fourth-order valence-corrected chi connectivity index (χ4v) is 1.56. The number of hydrogen-bond donors (Lipinski definition) is 5. The van der Waals surface area contributed by atoms with Crippen molar-refractivity contribution >= 4 is 5.78 Å². The molecule has 0 aromatic carbocycles. The summed E-state index contributed by atoms with van der Waals surface area (Å²) < 4.78 is 4.82. The Kier molecular flexibility index (Phi) is 3.79. The third-order valence-corrected chi connectivity index (χ3v) is 2.60. The quantitative estimate of drug-likeness (QED) is 0.325. The molecule has 1 aliphatic heterocycles. The molecule has 0 spiro atoms. The molecule has 7 nitrogen and oxygen atoms in total. The minimum Gasteiger partial charge on any atom is -0.394 e. The van der Waals surface area contributed by atoms with Gasteiger partial charge in [-0.15, -0.1) is 0 Å². The molecule has 16 heavy (non-hydrogen) atoms. The van der Waals surface area contributed by atoms with Crippen LogP contribution in [0.1, 0.15) is 0 Å². The second-order valence-corrected chi connectivity index (χ2v) is 3.61. The second kappa shape index (κ2) is 4.58. The van der Waals surface area contributed by atoms with Crippen LogP contribution < -0.4 is 5.73 Å². The maximum absolute atomic E-state index is 11.4. The summed E-state index contributed by atoms with van der Waals surface area (Å²) in [5, 5.41) is 37.7. The van der Waals surface area contributed by atoms with E-state index in [0.717, 1.165) is 6.08 Å². The van der Waals surface area contributed by atoms with E-state index in [2.05, 4.69) is 6.58 Å². The molecule has 0 radical (unpaired) electrons. The fraction of sp³-hybridized carbons (Fsp3) is 0.667. The van der Waals surface area contributed by atoms with Gasteiger partial charge in [0.05, 0.1) is 12.6 Å². The van der Waals surface area contributed by atoms with Gasteiger partial charge < -0.3 is 30.9 Å². The first-order valence-electron chi connectivity index (χ1n) is 4.68. The van der Waals surface area contributed by atoms with Gasteiger partial charge in [0.15, 0.2) is 0 Å². The van der Waals surface area contributed by atoms with E-state index in [4.69, 9.17) is 15.6 Å². The van der Waals surface area contributed by atoms with E-state index in [-0.39, 0.29) is 0 Å². The molecule has 5 atom stereocenters. The number of aliphatic hydroxyl groups excluding tert-OH is 3. The van der Waals surface area contributed by atoms with Gasteiger partial charge in [-0.05, 0) is 6.08 Å². The average molecular weight is 233 g/mol. The van der Waals surface area contributed by atoms with E-state index in [1.165, 1.54) is 0 Å². The van der Waals surface area contributed by atoms with Crippen LogP contribution in [0.4, 0.5) is 0 Å². The molecule has 0 amide bonds. The monoisotopic (exact) mass is 233 g/mol. The van der Waals surface area contributed by atoms with Gasteiger partial charge in [-0.25, -0.2) is 0 Å². The Bertz CT molecular complexity index is 294. The molecule has 0 aromatic heterocycles. The van der Waals surface area contributed by atoms with E-state index < -0.39 is 42.5 Å². The first-order valence-corrected chi connectivity index (χ1v) is 4.68. The van der Waals surface area contributed by atoms with Crippen LogP contribution in [0.3, 0.4) is 0 Å². The summed E-state index contributed by atoms with van der Waals surface area (Å²) in [7, 11) is 0. The number of hydrogen-bond acceptors (Lipinski definition) is 7. The van der Waals surface area contributed by atoms with Crippen molar-refractivity contribution in [2.75, 3.05) is 6.61 Å². The summed E-state index contributed by atoms with van der Waals surface area (Å²) in [5.74, 6) is -3.42.